The minimum Gasteiger partial charge on any atom is -0.383 e. The van der Waals surface area contributed by atoms with Crippen LogP contribution in [0, 0.1) is 11.8 Å². The highest BCUT2D eigenvalue weighted by Gasteiger charge is 2.32. The average Bonchev–Trinajstić information content (AvgIpc) is 2.75. The van der Waals surface area contributed by atoms with Crippen molar-refractivity contribution in [2.24, 2.45) is 11.8 Å². The van der Waals surface area contributed by atoms with Gasteiger partial charge in [0.05, 0.1) is 25.3 Å². The zero-order valence-corrected chi connectivity index (χ0v) is 23.2. The molecule has 2 rings (SSSR count). The fourth-order valence-electron chi connectivity index (χ4n) is 3.87. The number of hydrogen-bond acceptors (Lipinski definition) is 4. The number of methoxy groups -OCH3 is 2. The van der Waals surface area contributed by atoms with E-state index in [-0.39, 0.29) is 24.2 Å². The van der Waals surface area contributed by atoms with Gasteiger partial charge in [-0.15, -0.1) is 0 Å². The molecule has 0 amide bonds. The molecule has 4 nitrogen and oxygen atoms in total. The maximum Gasteiger partial charge on any atom is 0.0618 e. The molecule has 0 unspecified atom stereocenters. The summed E-state index contributed by atoms with van der Waals surface area (Å²) in [6.07, 6.45) is 0. The summed E-state index contributed by atoms with van der Waals surface area (Å²) in [5, 5.41) is 7.89. The van der Waals surface area contributed by atoms with Gasteiger partial charge in [-0.1, -0.05) is 96.0 Å². The second-order valence-electron chi connectivity index (χ2n) is 8.94. The Bertz CT molecular complexity index is 748. The minimum atomic E-state index is 0.00457. The van der Waals surface area contributed by atoms with E-state index in [4.69, 9.17) is 9.47 Å². The molecule has 0 bridgehead atoms. The predicted molar refractivity (Wildman–Crippen MR) is 141 cm³/mol. The molecule has 4 atom stereocenters. The van der Waals surface area contributed by atoms with Crippen molar-refractivity contribution in [3.05, 3.63) is 68.6 Å². The Balaban J connectivity index is 2.61. The molecule has 0 aliphatic heterocycles. The van der Waals surface area contributed by atoms with Crippen LogP contribution in [0.1, 0.15) is 50.9 Å². The van der Waals surface area contributed by atoms with Crippen LogP contribution < -0.4 is 10.6 Å². The average molecular weight is 570 g/mol. The fraction of sp³-hybridized carbons (Fsp3) is 0.538. The van der Waals surface area contributed by atoms with E-state index in [1.54, 1.807) is 14.2 Å². The van der Waals surface area contributed by atoms with Crippen LogP contribution in [0.2, 0.25) is 0 Å². The Hall–Kier alpha value is -0.760. The molecule has 0 radical (unpaired) electrons. The highest BCUT2D eigenvalue weighted by Crippen LogP contribution is 2.37. The molecule has 0 saturated heterocycles. The molecule has 0 aromatic heterocycles. The van der Waals surface area contributed by atoms with E-state index in [0.29, 0.717) is 25.0 Å². The largest absolute Gasteiger partial charge is 0.383 e. The van der Waals surface area contributed by atoms with Crippen LogP contribution in [-0.4, -0.2) is 39.5 Å². The summed E-state index contributed by atoms with van der Waals surface area (Å²) in [6.45, 7) is 10.2. The summed E-state index contributed by atoms with van der Waals surface area (Å²) in [5.41, 5.74) is 2.42. The maximum absolute atomic E-state index is 5.58. The zero-order valence-electron chi connectivity index (χ0n) is 20.1. The van der Waals surface area contributed by atoms with Crippen molar-refractivity contribution in [1.82, 2.24) is 10.6 Å². The summed E-state index contributed by atoms with van der Waals surface area (Å²) in [7, 11) is 3.53. The van der Waals surface area contributed by atoms with Gasteiger partial charge >= 0.3 is 0 Å². The summed E-state index contributed by atoms with van der Waals surface area (Å²) in [4.78, 5) is 0. The fourth-order valence-corrected chi connectivity index (χ4v) is 4.93. The monoisotopic (exact) mass is 568 g/mol. The molecule has 2 N–H and O–H groups in total. The van der Waals surface area contributed by atoms with Crippen molar-refractivity contribution in [2.75, 3.05) is 27.4 Å². The summed E-state index contributed by atoms with van der Waals surface area (Å²) >= 11 is 7.63. The lowest BCUT2D eigenvalue weighted by Gasteiger charge is -2.38. The van der Waals surface area contributed by atoms with Gasteiger partial charge in [-0.2, -0.15) is 0 Å². The number of rotatable bonds is 13. The highest BCUT2D eigenvalue weighted by molar-refractivity contribution is 9.10. The number of ether oxygens (including phenoxy) is 2. The second-order valence-corrected chi connectivity index (χ2v) is 10.7. The van der Waals surface area contributed by atoms with Crippen molar-refractivity contribution in [1.29, 1.82) is 0 Å². The van der Waals surface area contributed by atoms with Gasteiger partial charge in [-0.3, -0.25) is 0 Å². The zero-order chi connectivity index (χ0) is 23.7. The SMILES string of the molecule is COC[C@@H](N[C@H](c1ccccc1Br)[C@H](N[C@H](COC)C(C)C)c1ccccc1Br)C(C)C. The van der Waals surface area contributed by atoms with Gasteiger partial charge in [0, 0.05) is 35.2 Å². The molecule has 2 aromatic carbocycles. The normalized spacial score (nSPS) is 15.7. The Morgan fingerprint density at radius 1 is 0.656 bits per heavy atom. The van der Waals surface area contributed by atoms with Gasteiger partial charge in [0.25, 0.3) is 0 Å². The Labute approximate surface area is 211 Å². The van der Waals surface area contributed by atoms with E-state index < -0.39 is 0 Å². The second kappa shape index (κ2) is 13.8. The molecule has 32 heavy (non-hydrogen) atoms. The Morgan fingerprint density at radius 3 is 1.28 bits per heavy atom. The quantitative estimate of drug-likeness (QED) is 0.288. The third-order valence-corrected chi connectivity index (χ3v) is 7.35. The van der Waals surface area contributed by atoms with Crippen LogP contribution in [0.15, 0.2) is 57.5 Å². The molecule has 0 saturated carbocycles. The van der Waals surface area contributed by atoms with E-state index in [1.807, 2.05) is 0 Å². The first-order valence-electron chi connectivity index (χ1n) is 11.3. The minimum absolute atomic E-state index is 0.00457. The smallest absolute Gasteiger partial charge is 0.0618 e. The van der Waals surface area contributed by atoms with E-state index in [0.717, 1.165) is 8.95 Å². The van der Waals surface area contributed by atoms with Crippen LogP contribution in [0.3, 0.4) is 0 Å². The molecular weight excluding hydrogens is 532 g/mol. The molecule has 178 valence electrons. The number of nitrogens with one attached hydrogen (secondary N) is 2. The van der Waals surface area contributed by atoms with Crippen molar-refractivity contribution in [3.63, 3.8) is 0 Å². The van der Waals surface area contributed by atoms with Gasteiger partial charge in [0.2, 0.25) is 0 Å². The summed E-state index contributed by atoms with van der Waals surface area (Å²) in [5.74, 6) is 0.833. The Morgan fingerprint density at radius 2 is 1.00 bits per heavy atom. The Kier molecular flexibility index (Phi) is 11.9. The molecule has 0 heterocycles. The van der Waals surface area contributed by atoms with E-state index in [1.165, 1.54) is 11.1 Å². The van der Waals surface area contributed by atoms with Crippen LogP contribution in [0.4, 0.5) is 0 Å². The number of hydrogen-bond donors (Lipinski definition) is 2. The lowest BCUT2D eigenvalue weighted by molar-refractivity contribution is 0.119. The van der Waals surface area contributed by atoms with Gasteiger partial charge in [-0.05, 0) is 35.1 Å². The maximum atomic E-state index is 5.58. The third kappa shape index (κ3) is 7.64. The van der Waals surface area contributed by atoms with Crippen molar-refractivity contribution in [2.45, 2.75) is 51.9 Å². The summed E-state index contributed by atoms with van der Waals surface area (Å²) < 4.78 is 13.3. The van der Waals surface area contributed by atoms with Crippen LogP contribution in [0.25, 0.3) is 0 Å². The van der Waals surface area contributed by atoms with Gasteiger partial charge in [0.1, 0.15) is 0 Å². The van der Waals surface area contributed by atoms with Gasteiger partial charge < -0.3 is 20.1 Å². The van der Waals surface area contributed by atoms with E-state index in [2.05, 4.69) is 119 Å². The van der Waals surface area contributed by atoms with Gasteiger partial charge in [-0.25, -0.2) is 0 Å². The first kappa shape index (κ1) is 27.5. The lowest BCUT2D eigenvalue weighted by Crippen LogP contribution is -2.49. The van der Waals surface area contributed by atoms with Crippen LogP contribution >= 0.6 is 31.9 Å². The number of halogens is 2. The third-order valence-electron chi connectivity index (χ3n) is 5.90. The standard InChI is InChI=1S/C26H38Br2N2O2/c1-17(2)23(15-31-5)29-25(19-11-7-9-13-21(19)27)26(20-12-8-10-14-22(20)28)30-24(16-32-6)18(3)4/h7-14,17-18,23-26,29-30H,15-16H2,1-6H3/t23-,24-,25-,26-/m1/s1. The van der Waals surface area contributed by atoms with Crippen LogP contribution in [-0.2, 0) is 9.47 Å². The number of benzene rings is 2. The topological polar surface area (TPSA) is 42.5 Å². The molecule has 0 fully saturated rings. The van der Waals surface area contributed by atoms with Crippen LogP contribution in [0.5, 0.6) is 0 Å². The predicted octanol–water partition coefficient (Wildman–Crippen LogP) is 6.52. The molecule has 6 heteroatoms. The van der Waals surface area contributed by atoms with Gasteiger partial charge in [0.15, 0.2) is 0 Å². The molecule has 0 aliphatic rings. The summed E-state index contributed by atoms with van der Waals surface area (Å²) in [6, 6.07) is 17.3. The molecule has 0 spiro atoms. The van der Waals surface area contributed by atoms with Crippen molar-refractivity contribution < 1.29 is 9.47 Å². The highest BCUT2D eigenvalue weighted by atomic mass is 79.9. The van der Waals surface area contributed by atoms with E-state index >= 15 is 0 Å². The van der Waals surface area contributed by atoms with Crippen molar-refractivity contribution in [3.8, 4) is 0 Å². The lowest BCUT2D eigenvalue weighted by atomic mass is 9.89. The molecule has 0 aliphatic carbocycles. The first-order valence-corrected chi connectivity index (χ1v) is 12.9. The molecule has 2 aromatic rings. The van der Waals surface area contributed by atoms with E-state index in [9.17, 15) is 0 Å². The van der Waals surface area contributed by atoms with Crippen molar-refractivity contribution >= 4 is 31.9 Å². The first-order chi connectivity index (χ1) is 15.3. The molecular formula is C26H38Br2N2O2.